The number of halogens is 4. The number of rotatable bonds is 2. The molecule has 0 bridgehead atoms. The van der Waals surface area contributed by atoms with E-state index < -0.39 is 17.6 Å². The predicted octanol–water partition coefficient (Wildman–Crippen LogP) is 4.03. The number of carbonyl (C=O) groups excluding carboxylic acids is 1. The fourth-order valence-electron chi connectivity index (χ4n) is 1.74. The molecule has 3 nitrogen and oxygen atoms in total. The average molecular weight is 315 g/mol. The maximum Gasteiger partial charge on any atom is 0.416 e. The topological polar surface area (TPSA) is 33.2 Å². The molecule has 1 aromatic carbocycles. The Kier molecular flexibility index (Phi) is 4.18. The molecule has 110 valence electrons. The van der Waals surface area contributed by atoms with E-state index in [0.29, 0.717) is 5.56 Å². The molecule has 21 heavy (non-hydrogen) atoms. The summed E-state index contributed by atoms with van der Waals surface area (Å²) in [5, 5.41) is 0.0629. The maximum absolute atomic E-state index is 12.7. The molecule has 0 aliphatic rings. The van der Waals surface area contributed by atoms with Crippen LogP contribution >= 0.6 is 11.6 Å². The minimum absolute atomic E-state index is 0.00620. The molecule has 0 spiro atoms. The third-order valence-corrected chi connectivity index (χ3v) is 3.19. The van der Waals surface area contributed by atoms with Crippen LogP contribution in [-0.2, 0) is 6.18 Å². The van der Waals surface area contributed by atoms with Crippen molar-refractivity contribution in [3.05, 3.63) is 58.9 Å². The summed E-state index contributed by atoms with van der Waals surface area (Å²) in [6.45, 7) is 0. The molecule has 0 saturated carbocycles. The van der Waals surface area contributed by atoms with E-state index in [1.54, 1.807) is 0 Å². The number of pyridine rings is 1. The highest BCUT2D eigenvalue weighted by Crippen LogP contribution is 2.35. The van der Waals surface area contributed by atoms with E-state index in [4.69, 9.17) is 11.6 Å². The molecular formula is C14H10ClF3N2O. The summed E-state index contributed by atoms with van der Waals surface area (Å²) in [5.74, 6) is -0.473. The standard InChI is InChI=1S/C14H10ClF3N2O/c1-20(13(21)9-4-6-19-7-5-9)12-8-10(14(16,17)18)2-3-11(12)15/h2-8H,1H3. The second-order valence-corrected chi connectivity index (χ2v) is 4.67. The Balaban J connectivity index is 2.39. The van der Waals surface area contributed by atoms with Gasteiger partial charge in [-0.2, -0.15) is 13.2 Å². The molecular weight excluding hydrogens is 305 g/mol. The van der Waals surface area contributed by atoms with Crippen molar-refractivity contribution in [2.24, 2.45) is 0 Å². The minimum atomic E-state index is -4.50. The first-order valence-corrected chi connectivity index (χ1v) is 6.23. The molecule has 2 rings (SSSR count). The molecule has 7 heteroatoms. The van der Waals surface area contributed by atoms with Gasteiger partial charge in [-0.05, 0) is 30.3 Å². The van der Waals surface area contributed by atoms with Crippen LogP contribution in [0.2, 0.25) is 5.02 Å². The molecule has 0 aliphatic carbocycles. The summed E-state index contributed by atoms with van der Waals surface area (Å²) in [6.07, 6.45) is -1.65. The van der Waals surface area contributed by atoms with E-state index in [-0.39, 0.29) is 10.7 Å². The molecule has 0 saturated heterocycles. The van der Waals surface area contributed by atoms with E-state index in [1.165, 1.54) is 31.6 Å². The van der Waals surface area contributed by atoms with Crippen LogP contribution in [0.1, 0.15) is 15.9 Å². The number of hydrogen-bond donors (Lipinski definition) is 0. The van der Waals surface area contributed by atoms with Crippen molar-refractivity contribution in [2.45, 2.75) is 6.18 Å². The number of alkyl halides is 3. The molecule has 1 aromatic heterocycles. The van der Waals surface area contributed by atoms with Crippen molar-refractivity contribution in [3.8, 4) is 0 Å². The van der Waals surface area contributed by atoms with E-state index in [0.717, 1.165) is 23.1 Å². The van der Waals surface area contributed by atoms with Gasteiger partial charge in [0.1, 0.15) is 0 Å². The molecule has 0 N–H and O–H groups in total. The monoisotopic (exact) mass is 314 g/mol. The second kappa shape index (κ2) is 5.73. The Bertz CT molecular complexity index is 659. The Hall–Kier alpha value is -2.08. The van der Waals surface area contributed by atoms with Gasteiger partial charge in [0.05, 0.1) is 16.3 Å². The smallest absolute Gasteiger partial charge is 0.310 e. The lowest BCUT2D eigenvalue weighted by atomic mass is 10.1. The highest BCUT2D eigenvalue weighted by atomic mass is 35.5. The van der Waals surface area contributed by atoms with Crippen molar-refractivity contribution in [3.63, 3.8) is 0 Å². The molecule has 1 amide bonds. The fraction of sp³-hybridized carbons (Fsp3) is 0.143. The Morgan fingerprint density at radius 2 is 1.81 bits per heavy atom. The van der Waals surface area contributed by atoms with Crippen molar-refractivity contribution < 1.29 is 18.0 Å². The number of carbonyl (C=O) groups is 1. The highest BCUT2D eigenvalue weighted by Gasteiger charge is 2.31. The lowest BCUT2D eigenvalue weighted by molar-refractivity contribution is -0.137. The third kappa shape index (κ3) is 3.33. The first-order chi connectivity index (χ1) is 9.80. The van der Waals surface area contributed by atoms with Gasteiger partial charge < -0.3 is 4.90 Å². The number of benzene rings is 1. The zero-order valence-corrected chi connectivity index (χ0v) is 11.6. The van der Waals surface area contributed by atoms with Gasteiger partial charge in [-0.15, -0.1) is 0 Å². The van der Waals surface area contributed by atoms with Crippen molar-refractivity contribution in [2.75, 3.05) is 11.9 Å². The van der Waals surface area contributed by atoms with Crippen LogP contribution in [0.5, 0.6) is 0 Å². The molecule has 0 radical (unpaired) electrons. The van der Waals surface area contributed by atoms with Gasteiger partial charge in [-0.1, -0.05) is 11.6 Å². The van der Waals surface area contributed by atoms with Gasteiger partial charge in [0.25, 0.3) is 5.91 Å². The first kappa shape index (κ1) is 15.3. The molecule has 2 aromatic rings. The van der Waals surface area contributed by atoms with E-state index in [2.05, 4.69) is 4.98 Å². The number of anilines is 1. The summed E-state index contributed by atoms with van der Waals surface area (Å²) in [4.78, 5) is 17.1. The van der Waals surface area contributed by atoms with Crippen LogP contribution in [0.15, 0.2) is 42.7 Å². The summed E-state index contributed by atoms with van der Waals surface area (Å²) in [6, 6.07) is 5.79. The fourth-order valence-corrected chi connectivity index (χ4v) is 1.99. The first-order valence-electron chi connectivity index (χ1n) is 5.85. The maximum atomic E-state index is 12.7. The van der Waals surface area contributed by atoms with Crippen LogP contribution in [0, 0.1) is 0 Å². The molecule has 0 fully saturated rings. The lowest BCUT2D eigenvalue weighted by Gasteiger charge is -2.20. The average Bonchev–Trinajstić information content (AvgIpc) is 2.46. The quantitative estimate of drug-likeness (QED) is 0.838. The van der Waals surface area contributed by atoms with Gasteiger partial charge in [-0.3, -0.25) is 9.78 Å². The minimum Gasteiger partial charge on any atom is -0.310 e. The zero-order chi connectivity index (χ0) is 15.6. The van der Waals surface area contributed by atoms with Gasteiger partial charge in [0.15, 0.2) is 0 Å². The lowest BCUT2D eigenvalue weighted by Crippen LogP contribution is -2.26. The molecule has 0 atom stereocenters. The van der Waals surface area contributed by atoms with Crippen LogP contribution in [0.25, 0.3) is 0 Å². The normalized spacial score (nSPS) is 11.3. The molecule has 1 heterocycles. The zero-order valence-electron chi connectivity index (χ0n) is 10.9. The van der Waals surface area contributed by atoms with Crippen molar-refractivity contribution >= 4 is 23.2 Å². The van der Waals surface area contributed by atoms with Crippen LogP contribution in [0.3, 0.4) is 0 Å². The molecule has 0 aliphatic heterocycles. The van der Waals surface area contributed by atoms with Gasteiger partial charge in [0, 0.05) is 25.0 Å². The van der Waals surface area contributed by atoms with Crippen molar-refractivity contribution in [1.29, 1.82) is 0 Å². The van der Waals surface area contributed by atoms with Crippen LogP contribution < -0.4 is 4.90 Å². The summed E-state index contributed by atoms with van der Waals surface area (Å²) < 4.78 is 38.2. The third-order valence-electron chi connectivity index (χ3n) is 2.87. The largest absolute Gasteiger partial charge is 0.416 e. The number of hydrogen-bond acceptors (Lipinski definition) is 2. The summed E-state index contributed by atoms with van der Waals surface area (Å²) in [5.41, 5.74) is -0.564. The predicted molar refractivity (Wildman–Crippen MR) is 73.4 cm³/mol. The van der Waals surface area contributed by atoms with Crippen LogP contribution in [-0.4, -0.2) is 17.9 Å². The Morgan fingerprint density at radius 3 is 2.38 bits per heavy atom. The molecule has 0 unspecified atom stereocenters. The summed E-state index contributed by atoms with van der Waals surface area (Å²) in [7, 11) is 1.37. The number of nitrogens with zero attached hydrogens (tertiary/aromatic N) is 2. The number of amides is 1. The SMILES string of the molecule is CN(C(=O)c1ccncc1)c1cc(C(F)(F)F)ccc1Cl. The van der Waals surface area contributed by atoms with Crippen LogP contribution in [0.4, 0.5) is 18.9 Å². The van der Waals surface area contributed by atoms with Gasteiger partial charge >= 0.3 is 6.18 Å². The van der Waals surface area contributed by atoms with Crippen molar-refractivity contribution in [1.82, 2.24) is 4.98 Å². The summed E-state index contributed by atoms with van der Waals surface area (Å²) >= 11 is 5.90. The van der Waals surface area contributed by atoms with E-state index in [1.807, 2.05) is 0 Å². The van der Waals surface area contributed by atoms with E-state index in [9.17, 15) is 18.0 Å². The Labute approximate surface area is 124 Å². The Morgan fingerprint density at radius 1 is 1.19 bits per heavy atom. The van der Waals surface area contributed by atoms with E-state index >= 15 is 0 Å². The van der Waals surface area contributed by atoms with Gasteiger partial charge in [0.2, 0.25) is 0 Å². The van der Waals surface area contributed by atoms with Gasteiger partial charge in [-0.25, -0.2) is 0 Å². The second-order valence-electron chi connectivity index (χ2n) is 4.26. The number of aromatic nitrogens is 1. The highest BCUT2D eigenvalue weighted by molar-refractivity contribution is 6.34.